The van der Waals surface area contributed by atoms with Gasteiger partial charge in [-0.05, 0) is 43.2 Å². The summed E-state index contributed by atoms with van der Waals surface area (Å²) in [5.41, 5.74) is 2.67. The minimum atomic E-state index is 0.214. The molecule has 1 aromatic carbocycles. The Morgan fingerprint density at radius 2 is 1.77 bits per heavy atom. The third-order valence-corrected chi connectivity index (χ3v) is 4.30. The van der Waals surface area contributed by atoms with E-state index in [9.17, 15) is 0 Å². The SMILES string of the molecule is CN=C(NCCCCn1cnnc1)NC(C)c1ccc(CC(C)C)cc1. The highest BCUT2D eigenvalue weighted by molar-refractivity contribution is 5.80. The molecule has 0 saturated heterocycles. The van der Waals surface area contributed by atoms with Crippen LogP contribution in [-0.2, 0) is 13.0 Å². The molecule has 0 fully saturated rings. The van der Waals surface area contributed by atoms with Crippen LogP contribution in [0.4, 0.5) is 0 Å². The summed E-state index contributed by atoms with van der Waals surface area (Å²) in [6.07, 6.45) is 6.77. The van der Waals surface area contributed by atoms with Crippen molar-refractivity contribution >= 4 is 5.96 Å². The number of aryl methyl sites for hydroxylation is 1. The number of aromatic nitrogens is 3. The number of unbranched alkanes of at least 4 members (excludes halogenated alkanes) is 1. The predicted octanol–water partition coefficient (Wildman–Crippen LogP) is 3.18. The van der Waals surface area contributed by atoms with E-state index in [1.165, 1.54) is 11.1 Å². The summed E-state index contributed by atoms with van der Waals surface area (Å²) in [5.74, 6) is 1.53. The van der Waals surface area contributed by atoms with Crippen LogP contribution in [0.2, 0.25) is 0 Å². The molecular weight excluding hydrogens is 324 g/mol. The molecule has 26 heavy (non-hydrogen) atoms. The number of benzene rings is 1. The minimum absolute atomic E-state index is 0.214. The summed E-state index contributed by atoms with van der Waals surface area (Å²) in [6.45, 7) is 8.50. The highest BCUT2D eigenvalue weighted by Crippen LogP contribution is 2.15. The molecule has 0 aliphatic rings. The molecule has 6 heteroatoms. The number of guanidine groups is 1. The molecular formula is C20H32N6. The Kier molecular flexibility index (Phi) is 8.12. The van der Waals surface area contributed by atoms with Crippen molar-refractivity contribution in [2.45, 2.75) is 52.6 Å². The Morgan fingerprint density at radius 1 is 1.08 bits per heavy atom. The molecule has 0 saturated carbocycles. The Morgan fingerprint density at radius 3 is 2.38 bits per heavy atom. The summed E-state index contributed by atoms with van der Waals surface area (Å²) in [7, 11) is 1.81. The average Bonchev–Trinajstić information content (AvgIpc) is 3.13. The highest BCUT2D eigenvalue weighted by atomic mass is 15.2. The number of nitrogens with one attached hydrogen (secondary N) is 2. The fourth-order valence-corrected chi connectivity index (χ4v) is 2.86. The molecule has 0 amide bonds. The van der Waals surface area contributed by atoms with Crippen LogP contribution in [-0.4, -0.2) is 34.3 Å². The maximum absolute atomic E-state index is 4.33. The molecule has 0 aliphatic carbocycles. The van der Waals surface area contributed by atoms with E-state index in [1.807, 2.05) is 11.6 Å². The monoisotopic (exact) mass is 356 g/mol. The Hall–Kier alpha value is -2.37. The lowest BCUT2D eigenvalue weighted by atomic mass is 10.00. The third kappa shape index (κ3) is 6.86. The zero-order chi connectivity index (χ0) is 18.8. The van der Waals surface area contributed by atoms with Crippen molar-refractivity contribution in [3.05, 3.63) is 48.0 Å². The van der Waals surface area contributed by atoms with Gasteiger partial charge in [-0.15, -0.1) is 10.2 Å². The first-order valence-electron chi connectivity index (χ1n) is 9.47. The molecule has 1 aromatic heterocycles. The third-order valence-electron chi connectivity index (χ3n) is 4.30. The maximum Gasteiger partial charge on any atom is 0.191 e. The van der Waals surface area contributed by atoms with E-state index in [4.69, 9.17) is 0 Å². The summed E-state index contributed by atoms with van der Waals surface area (Å²) in [5, 5.41) is 14.5. The van der Waals surface area contributed by atoms with Crippen molar-refractivity contribution in [2.24, 2.45) is 10.9 Å². The first kappa shape index (κ1) is 19.9. The first-order valence-corrected chi connectivity index (χ1v) is 9.47. The fourth-order valence-electron chi connectivity index (χ4n) is 2.86. The average molecular weight is 357 g/mol. The second kappa shape index (κ2) is 10.6. The minimum Gasteiger partial charge on any atom is -0.356 e. The molecule has 0 bridgehead atoms. The van der Waals surface area contributed by atoms with Crippen LogP contribution in [0.5, 0.6) is 0 Å². The van der Waals surface area contributed by atoms with Gasteiger partial charge in [-0.25, -0.2) is 0 Å². The highest BCUT2D eigenvalue weighted by Gasteiger charge is 2.08. The van der Waals surface area contributed by atoms with Crippen molar-refractivity contribution in [1.82, 2.24) is 25.4 Å². The Bertz CT molecular complexity index is 645. The van der Waals surface area contributed by atoms with E-state index in [2.05, 4.69) is 70.9 Å². The molecule has 1 unspecified atom stereocenters. The van der Waals surface area contributed by atoms with Crippen LogP contribution in [0.1, 0.15) is 50.8 Å². The molecule has 2 aromatic rings. The van der Waals surface area contributed by atoms with E-state index < -0.39 is 0 Å². The van der Waals surface area contributed by atoms with Gasteiger partial charge in [0.2, 0.25) is 0 Å². The second-order valence-corrected chi connectivity index (χ2v) is 7.11. The van der Waals surface area contributed by atoms with E-state index in [0.717, 1.165) is 38.3 Å². The predicted molar refractivity (Wildman–Crippen MR) is 107 cm³/mol. The molecule has 142 valence electrons. The van der Waals surface area contributed by atoms with Gasteiger partial charge in [0.25, 0.3) is 0 Å². The summed E-state index contributed by atoms with van der Waals surface area (Å²) in [4.78, 5) is 4.33. The lowest BCUT2D eigenvalue weighted by Gasteiger charge is -2.19. The van der Waals surface area contributed by atoms with Crippen LogP contribution >= 0.6 is 0 Å². The van der Waals surface area contributed by atoms with Gasteiger partial charge in [0.05, 0.1) is 6.04 Å². The lowest BCUT2D eigenvalue weighted by Crippen LogP contribution is -2.39. The van der Waals surface area contributed by atoms with Crippen LogP contribution < -0.4 is 10.6 Å². The van der Waals surface area contributed by atoms with E-state index in [0.29, 0.717) is 5.92 Å². The van der Waals surface area contributed by atoms with Crippen LogP contribution in [0.25, 0.3) is 0 Å². The number of rotatable bonds is 9. The first-order chi connectivity index (χ1) is 12.6. The molecule has 1 atom stereocenters. The van der Waals surface area contributed by atoms with Crippen LogP contribution in [0.3, 0.4) is 0 Å². The molecule has 6 nitrogen and oxygen atoms in total. The molecule has 2 N–H and O–H groups in total. The second-order valence-electron chi connectivity index (χ2n) is 7.11. The largest absolute Gasteiger partial charge is 0.356 e. The number of hydrogen-bond acceptors (Lipinski definition) is 3. The van der Waals surface area contributed by atoms with Crippen molar-refractivity contribution in [1.29, 1.82) is 0 Å². The zero-order valence-electron chi connectivity index (χ0n) is 16.4. The van der Waals surface area contributed by atoms with Gasteiger partial charge in [-0.1, -0.05) is 38.1 Å². The summed E-state index contributed by atoms with van der Waals surface area (Å²) >= 11 is 0. The molecule has 0 aliphatic heterocycles. The zero-order valence-corrected chi connectivity index (χ0v) is 16.4. The number of nitrogens with zero attached hydrogens (tertiary/aromatic N) is 4. The smallest absolute Gasteiger partial charge is 0.191 e. The van der Waals surface area contributed by atoms with Crippen molar-refractivity contribution in [3.8, 4) is 0 Å². The van der Waals surface area contributed by atoms with Gasteiger partial charge >= 0.3 is 0 Å². The fraction of sp³-hybridized carbons (Fsp3) is 0.550. The van der Waals surface area contributed by atoms with Crippen LogP contribution in [0.15, 0.2) is 41.9 Å². The standard InChI is InChI=1S/C20H32N6/c1-16(2)13-18-7-9-19(10-8-18)17(3)25-20(21-4)22-11-5-6-12-26-14-23-24-15-26/h7-10,14-17H,5-6,11-13H2,1-4H3,(H2,21,22,25). The molecule has 0 spiro atoms. The van der Waals surface area contributed by atoms with Gasteiger partial charge < -0.3 is 15.2 Å². The van der Waals surface area contributed by atoms with Gasteiger partial charge in [-0.2, -0.15) is 0 Å². The summed E-state index contributed by atoms with van der Waals surface area (Å²) in [6, 6.07) is 9.10. The van der Waals surface area contributed by atoms with E-state index in [-0.39, 0.29) is 6.04 Å². The summed E-state index contributed by atoms with van der Waals surface area (Å²) < 4.78 is 2.00. The van der Waals surface area contributed by atoms with E-state index in [1.54, 1.807) is 12.7 Å². The Labute approximate surface area is 157 Å². The Balaban J connectivity index is 1.72. The van der Waals surface area contributed by atoms with Gasteiger partial charge in [0.1, 0.15) is 12.7 Å². The quantitative estimate of drug-likeness (QED) is 0.411. The lowest BCUT2D eigenvalue weighted by molar-refractivity contribution is 0.593. The van der Waals surface area contributed by atoms with Crippen LogP contribution in [0, 0.1) is 5.92 Å². The topological polar surface area (TPSA) is 67.1 Å². The van der Waals surface area contributed by atoms with Gasteiger partial charge in [0.15, 0.2) is 5.96 Å². The van der Waals surface area contributed by atoms with Crippen molar-refractivity contribution in [3.63, 3.8) is 0 Å². The van der Waals surface area contributed by atoms with Crippen molar-refractivity contribution < 1.29 is 0 Å². The normalized spacial score (nSPS) is 13.0. The van der Waals surface area contributed by atoms with Gasteiger partial charge in [0, 0.05) is 20.1 Å². The van der Waals surface area contributed by atoms with Gasteiger partial charge in [-0.3, -0.25) is 4.99 Å². The van der Waals surface area contributed by atoms with Crippen molar-refractivity contribution in [2.75, 3.05) is 13.6 Å². The van der Waals surface area contributed by atoms with E-state index >= 15 is 0 Å². The number of hydrogen-bond donors (Lipinski definition) is 2. The molecule has 2 rings (SSSR count). The molecule has 1 heterocycles. The maximum atomic E-state index is 4.33. The number of aliphatic imine (C=N–C) groups is 1. The molecule has 0 radical (unpaired) electrons.